The Hall–Kier alpha value is -2.18. The third kappa shape index (κ3) is 3.00. The van der Waals surface area contributed by atoms with E-state index in [0.717, 1.165) is 10.5 Å². The van der Waals surface area contributed by atoms with Gasteiger partial charge in [0, 0.05) is 19.5 Å². The minimum atomic E-state index is -3.11. The highest BCUT2D eigenvalue weighted by Gasteiger charge is 2.60. The zero-order valence-electron chi connectivity index (χ0n) is 12.6. The fraction of sp³-hybridized carbons (Fsp3) is 0.500. The SMILES string of the molecule is O=C1CC2(CCN(C(=O)OCc3ccccc3)CC2(F)F)CN1. The molecule has 0 radical (unpaired) electrons. The predicted molar refractivity (Wildman–Crippen MR) is 77.8 cm³/mol. The number of alkyl halides is 2. The zero-order chi connectivity index (χ0) is 16.5. The molecule has 23 heavy (non-hydrogen) atoms. The Balaban J connectivity index is 1.60. The second-order valence-electron chi connectivity index (χ2n) is 6.15. The van der Waals surface area contributed by atoms with Gasteiger partial charge in [-0.2, -0.15) is 0 Å². The van der Waals surface area contributed by atoms with Gasteiger partial charge in [0.25, 0.3) is 5.92 Å². The first-order valence-electron chi connectivity index (χ1n) is 7.52. The minimum absolute atomic E-state index is 0.0360. The molecular formula is C16H18F2N2O3. The number of likely N-dealkylation sites (tertiary alicyclic amines) is 1. The van der Waals surface area contributed by atoms with Crippen LogP contribution in [0.1, 0.15) is 18.4 Å². The van der Waals surface area contributed by atoms with Crippen LogP contribution in [0.4, 0.5) is 13.6 Å². The molecule has 1 aromatic rings. The van der Waals surface area contributed by atoms with Gasteiger partial charge in [0.2, 0.25) is 5.91 Å². The van der Waals surface area contributed by atoms with E-state index >= 15 is 0 Å². The molecule has 124 valence electrons. The van der Waals surface area contributed by atoms with Crippen molar-refractivity contribution < 1.29 is 23.1 Å². The van der Waals surface area contributed by atoms with E-state index < -0.39 is 24.0 Å². The highest BCUT2D eigenvalue weighted by atomic mass is 19.3. The number of halogens is 2. The van der Waals surface area contributed by atoms with Crippen LogP contribution < -0.4 is 5.32 Å². The van der Waals surface area contributed by atoms with E-state index in [4.69, 9.17) is 4.74 Å². The van der Waals surface area contributed by atoms with E-state index in [-0.39, 0.29) is 38.4 Å². The maximum absolute atomic E-state index is 14.5. The van der Waals surface area contributed by atoms with Crippen LogP contribution in [0, 0.1) is 5.41 Å². The van der Waals surface area contributed by atoms with Crippen LogP contribution in [0.2, 0.25) is 0 Å². The molecule has 0 bridgehead atoms. The summed E-state index contributed by atoms with van der Waals surface area (Å²) in [6.07, 6.45) is -0.854. The molecule has 5 nitrogen and oxygen atoms in total. The molecule has 2 aliphatic heterocycles. The number of ether oxygens (including phenoxy) is 1. The number of rotatable bonds is 2. The van der Waals surface area contributed by atoms with Gasteiger partial charge < -0.3 is 15.0 Å². The molecule has 1 atom stereocenters. The Morgan fingerprint density at radius 1 is 1.30 bits per heavy atom. The van der Waals surface area contributed by atoms with Crippen molar-refractivity contribution in [1.29, 1.82) is 0 Å². The quantitative estimate of drug-likeness (QED) is 0.907. The summed E-state index contributed by atoms with van der Waals surface area (Å²) in [4.78, 5) is 24.4. The fourth-order valence-corrected chi connectivity index (χ4v) is 3.12. The maximum Gasteiger partial charge on any atom is 0.410 e. The second-order valence-corrected chi connectivity index (χ2v) is 6.15. The van der Waals surface area contributed by atoms with Crippen molar-refractivity contribution in [3.63, 3.8) is 0 Å². The highest BCUT2D eigenvalue weighted by Crippen LogP contribution is 2.48. The van der Waals surface area contributed by atoms with E-state index in [1.807, 2.05) is 18.2 Å². The largest absolute Gasteiger partial charge is 0.445 e. The first-order valence-corrected chi connectivity index (χ1v) is 7.52. The number of benzene rings is 1. The normalized spacial score (nSPS) is 26.2. The number of nitrogens with one attached hydrogen (secondary N) is 1. The van der Waals surface area contributed by atoms with Gasteiger partial charge in [0.05, 0.1) is 12.0 Å². The van der Waals surface area contributed by atoms with Crippen molar-refractivity contribution in [2.75, 3.05) is 19.6 Å². The summed E-state index contributed by atoms with van der Waals surface area (Å²) in [5, 5.41) is 2.47. The number of nitrogens with zero attached hydrogens (tertiary/aromatic N) is 1. The van der Waals surface area contributed by atoms with E-state index in [1.54, 1.807) is 12.1 Å². The summed E-state index contributed by atoms with van der Waals surface area (Å²) in [5.74, 6) is -3.47. The minimum Gasteiger partial charge on any atom is -0.445 e. The molecule has 2 amide bonds. The first kappa shape index (κ1) is 15.7. The fourth-order valence-electron chi connectivity index (χ4n) is 3.12. The molecule has 1 aromatic carbocycles. The number of amides is 2. The summed E-state index contributed by atoms with van der Waals surface area (Å²) in [5.41, 5.74) is -0.577. The highest BCUT2D eigenvalue weighted by molar-refractivity contribution is 5.79. The number of hydrogen-bond donors (Lipinski definition) is 1. The Labute approximate surface area is 132 Å². The molecule has 0 aliphatic carbocycles. The van der Waals surface area contributed by atoms with Crippen LogP contribution in [0.15, 0.2) is 30.3 Å². The average Bonchev–Trinajstić information content (AvgIpc) is 2.92. The molecule has 2 aliphatic rings. The summed E-state index contributed by atoms with van der Waals surface area (Å²) in [7, 11) is 0. The lowest BCUT2D eigenvalue weighted by molar-refractivity contribution is -0.158. The van der Waals surface area contributed by atoms with Crippen molar-refractivity contribution in [3.05, 3.63) is 35.9 Å². The standard InChI is InChI=1S/C16H18F2N2O3/c17-16(18)11-20(7-6-15(16)8-13(21)19-10-15)14(22)23-9-12-4-2-1-3-5-12/h1-5H,6-11H2,(H,19,21). The van der Waals surface area contributed by atoms with Gasteiger partial charge in [0.1, 0.15) is 6.61 Å². The lowest BCUT2D eigenvalue weighted by atomic mass is 9.74. The molecule has 2 saturated heterocycles. The van der Waals surface area contributed by atoms with Crippen molar-refractivity contribution in [2.24, 2.45) is 5.41 Å². The molecular weight excluding hydrogens is 306 g/mol. The van der Waals surface area contributed by atoms with Crippen molar-refractivity contribution in [2.45, 2.75) is 25.4 Å². The summed E-state index contributed by atoms with van der Waals surface area (Å²) < 4.78 is 34.0. The molecule has 1 unspecified atom stereocenters. The molecule has 2 heterocycles. The van der Waals surface area contributed by atoms with E-state index in [2.05, 4.69) is 5.32 Å². The Morgan fingerprint density at radius 2 is 2.04 bits per heavy atom. The molecule has 0 aromatic heterocycles. The monoisotopic (exact) mass is 324 g/mol. The van der Waals surface area contributed by atoms with Gasteiger partial charge in [-0.3, -0.25) is 4.79 Å². The van der Waals surface area contributed by atoms with Crippen molar-refractivity contribution >= 4 is 12.0 Å². The summed E-state index contributed by atoms with van der Waals surface area (Å²) in [6.45, 7) is -0.535. The predicted octanol–water partition coefficient (Wildman–Crippen LogP) is 2.17. The van der Waals surface area contributed by atoms with Gasteiger partial charge in [-0.15, -0.1) is 0 Å². The van der Waals surface area contributed by atoms with Crippen LogP contribution in [0.25, 0.3) is 0 Å². The average molecular weight is 324 g/mol. The van der Waals surface area contributed by atoms with E-state index in [9.17, 15) is 18.4 Å². The molecule has 7 heteroatoms. The van der Waals surface area contributed by atoms with Gasteiger partial charge in [-0.1, -0.05) is 30.3 Å². The van der Waals surface area contributed by atoms with Crippen LogP contribution in [0.5, 0.6) is 0 Å². The van der Waals surface area contributed by atoms with Gasteiger partial charge >= 0.3 is 6.09 Å². The smallest absolute Gasteiger partial charge is 0.410 e. The van der Waals surface area contributed by atoms with E-state index in [0.29, 0.717) is 0 Å². The third-order valence-corrected chi connectivity index (χ3v) is 4.61. The molecule has 1 N–H and O–H groups in total. The Kier molecular flexibility index (Phi) is 3.95. The third-order valence-electron chi connectivity index (χ3n) is 4.61. The molecule has 1 spiro atoms. The lowest BCUT2D eigenvalue weighted by Gasteiger charge is -2.44. The molecule has 3 rings (SSSR count). The van der Waals surface area contributed by atoms with Crippen molar-refractivity contribution in [1.82, 2.24) is 10.2 Å². The Morgan fingerprint density at radius 3 is 2.65 bits per heavy atom. The van der Waals surface area contributed by atoms with Gasteiger partial charge in [-0.05, 0) is 12.0 Å². The maximum atomic E-state index is 14.5. The number of piperidine rings is 1. The zero-order valence-corrected chi connectivity index (χ0v) is 12.6. The van der Waals surface area contributed by atoms with Gasteiger partial charge in [-0.25, -0.2) is 13.6 Å². The van der Waals surface area contributed by atoms with Crippen LogP contribution in [0.3, 0.4) is 0 Å². The van der Waals surface area contributed by atoms with Crippen LogP contribution in [-0.4, -0.2) is 42.5 Å². The van der Waals surface area contributed by atoms with Crippen molar-refractivity contribution in [3.8, 4) is 0 Å². The number of hydrogen-bond acceptors (Lipinski definition) is 3. The summed E-state index contributed by atoms with van der Waals surface area (Å²) in [6, 6.07) is 9.05. The lowest BCUT2D eigenvalue weighted by Crippen LogP contribution is -2.57. The molecule has 0 saturated carbocycles. The van der Waals surface area contributed by atoms with Crippen LogP contribution in [-0.2, 0) is 16.1 Å². The first-order chi connectivity index (χ1) is 10.9. The van der Waals surface area contributed by atoms with Gasteiger partial charge in [0.15, 0.2) is 0 Å². The van der Waals surface area contributed by atoms with Crippen LogP contribution >= 0.6 is 0 Å². The Bertz CT molecular complexity index is 609. The number of carbonyl (C=O) groups excluding carboxylic acids is 2. The topological polar surface area (TPSA) is 58.6 Å². The number of carbonyl (C=O) groups is 2. The molecule has 2 fully saturated rings. The van der Waals surface area contributed by atoms with E-state index in [1.165, 1.54) is 0 Å². The summed E-state index contributed by atoms with van der Waals surface area (Å²) >= 11 is 0. The second kappa shape index (κ2) is 5.79.